The monoisotopic (exact) mass is 407 g/mol. The number of aryl methyl sites for hydroxylation is 1. The van der Waals surface area contributed by atoms with Gasteiger partial charge < -0.3 is 4.74 Å². The smallest absolute Gasteiger partial charge is 0.119 e. The fourth-order valence-corrected chi connectivity index (χ4v) is 4.80. The van der Waals surface area contributed by atoms with Gasteiger partial charge in [-0.3, -0.25) is 4.98 Å². The molecule has 1 aliphatic rings. The maximum atomic E-state index is 5.82. The van der Waals surface area contributed by atoms with Crippen molar-refractivity contribution in [3.8, 4) is 17.0 Å². The summed E-state index contributed by atoms with van der Waals surface area (Å²) < 4.78 is 5.82. The summed E-state index contributed by atoms with van der Waals surface area (Å²) in [4.78, 5) is 4.74. The van der Waals surface area contributed by atoms with E-state index in [1.165, 1.54) is 76.2 Å². The molecule has 0 saturated heterocycles. The largest absolute Gasteiger partial charge is 0.494 e. The lowest BCUT2D eigenvalue weighted by atomic mass is 9.77. The average molecular weight is 408 g/mol. The van der Waals surface area contributed by atoms with Crippen LogP contribution in [0, 0.1) is 11.8 Å². The first kappa shape index (κ1) is 22.8. The second-order valence-electron chi connectivity index (χ2n) is 9.21. The molecule has 1 aromatic heterocycles. The molecular formula is C28H41NO. The highest BCUT2D eigenvalue weighted by Gasteiger charge is 2.21. The van der Waals surface area contributed by atoms with Gasteiger partial charge in [-0.2, -0.15) is 0 Å². The topological polar surface area (TPSA) is 22.1 Å². The Labute approximate surface area is 184 Å². The molecule has 1 fully saturated rings. The van der Waals surface area contributed by atoms with Gasteiger partial charge in [-0.25, -0.2) is 0 Å². The first-order valence-electron chi connectivity index (χ1n) is 12.5. The fourth-order valence-electron chi connectivity index (χ4n) is 4.80. The minimum Gasteiger partial charge on any atom is -0.494 e. The van der Waals surface area contributed by atoms with Gasteiger partial charge in [0.15, 0.2) is 0 Å². The summed E-state index contributed by atoms with van der Waals surface area (Å²) >= 11 is 0. The van der Waals surface area contributed by atoms with Crippen LogP contribution in [0.5, 0.6) is 5.75 Å². The van der Waals surface area contributed by atoms with Crippen molar-refractivity contribution in [1.29, 1.82) is 0 Å². The van der Waals surface area contributed by atoms with E-state index >= 15 is 0 Å². The first-order chi connectivity index (χ1) is 14.8. The Hall–Kier alpha value is -1.83. The molecule has 1 aromatic carbocycles. The van der Waals surface area contributed by atoms with E-state index in [1.807, 2.05) is 0 Å². The molecule has 1 aliphatic carbocycles. The maximum Gasteiger partial charge on any atom is 0.119 e. The van der Waals surface area contributed by atoms with Crippen molar-refractivity contribution in [1.82, 2.24) is 4.98 Å². The van der Waals surface area contributed by atoms with E-state index in [1.54, 1.807) is 0 Å². The molecule has 3 rings (SSSR count). The Bertz CT molecular complexity index is 706. The number of rotatable bonds is 12. The van der Waals surface area contributed by atoms with Gasteiger partial charge in [0.25, 0.3) is 0 Å². The lowest BCUT2D eigenvalue weighted by Crippen LogP contribution is -2.16. The third-order valence-corrected chi connectivity index (χ3v) is 6.69. The molecule has 0 radical (unpaired) electrons. The van der Waals surface area contributed by atoms with Crippen molar-refractivity contribution in [2.24, 2.45) is 11.8 Å². The summed E-state index contributed by atoms with van der Waals surface area (Å²) in [6.45, 7) is 5.33. The second-order valence-corrected chi connectivity index (χ2v) is 9.21. The van der Waals surface area contributed by atoms with Crippen LogP contribution < -0.4 is 4.74 Å². The van der Waals surface area contributed by atoms with Crippen LogP contribution in [-0.4, -0.2) is 11.6 Å². The molecule has 2 unspecified atom stereocenters. The molecule has 30 heavy (non-hydrogen) atoms. The number of benzene rings is 1. The molecular weight excluding hydrogens is 366 g/mol. The van der Waals surface area contributed by atoms with E-state index in [-0.39, 0.29) is 0 Å². The number of ether oxygens (including phenoxy) is 1. The molecule has 2 heteroatoms. The van der Waals surface area contributed by atoms with Gasteiger partial charge in [0.1, 0.15) is 5.75 Å². The third-order valence-electron chi connectivity index (χ3n) is 6.69. The van der Waals surface area contributed by atoms with Gasteiger partial charge in [0.2, 0.25) is 0 Å². The van der Waals surface area contributed by atoms with E-state index < -0.39 is 0 Å². The molecule has 0 bridgehead atoms. The lowest BCUT2D eigenvalue weighted by molar-refractivity contribution is 0.240. The van der Waals surface area contributed by atoms with Gasteiger partial charge in [0.05, 0.1) is 12.3 Å². The Balaban J connectivity index is 1.45. The Morgan fingerprint density at radius 1 is 0.867 bits per heavy atom. The number of pyridine rings is 1. The SMILES string of the molecule is CCCCCOc1ccc(-c2ccc(CCC3CCCC(CCCC)C3)cn2)cc1. The first-order valence-corrected chi connectivity index (χ1v) is 12.5. The number of unbranched alkanes of at least 4 members (excludes halogenated alkanes) is 3. The minimum absolute atomic E-state index is 0.806. The molecule has 0 aliphatic heterocycles. The van der Waals surface area contributed by atoms with Crippen molar-refractivity contribution < 1.29 is 4.74 Å². The summed E-state index contributed by atoms with van der Waals surface area (Å²) in [7, 11) is 0. The van der Waals surface area contributed by atoms with E-state index in [9.17, 15) is 0 Å². The van der Waals surface area contributed by atoms with Crippen LogP contribution in [0.15, 0.2) is 42.6 Å². The van der Waals surface area contributed by atoms with Gasteiger partial charge >= 0.3 is 0 Å². The predicted molar refractivity (Wildman–Crippen MR) is 128 cm³/mol. The summed E-state index contributed by atoms with van der Waals surface area (Å²) in [5, 5.41) is 0. The molecule has 2 aromatic rings. The Morgan fingerprint density at radius 3 is 2.33 bits per heavy atom. The highest BCUT2D eigenvalue weighted by Crippen LogP contribution is 2.34. The zero-order valence-electron chi connectivity index (χ0n) is 19.2. The third kappa shape index (κ3) is 7.45. The van der Waals surface area contributed by atoms with Crippen molar-refractivity contribution in [3.05, 3.63) is 48.2 Å². The lowest BCUT2D eigenvalue weighted by Gasteiger charge is -2.29. The number of hydrogen-bond donors (Lipinski definition) is 0. The Kier molecular flexibility index (Phi) is 9.73. The summed E-state index contributed by atoms with van der Waals surface area (Å²) in [6, 6.07) is 12.8. The molecule has 0 N–H and O–H groups in total. The number of nitrogens with zero attached hydrogens (tertiary/aromatic N) is 1. The van der Waals surface area contributed by atoms with Crippen molar-refractivity contribution in [2.45, 2.75) is 90.9 Å². The van der Waals surface area contributed by atoms with Crippen LogP contribution >= 0.6 is 0 Å². The van der Waals surface area contributed by atoms with Gasteiger partial charge in [-0.15, -0.1) is 0 Å². The zero-order chi connectivity index (χ0) is 21.0. The number of aromatic nitrogens is 1. The van der Waals surface area contributed by atoms with Gasteiger partial charge in [-0.05, 0) is 73.4 Å². The molecule has 1 heterocycles. The fraction of sp³-hybridized carbons (Fsp3) is 0.607. The van der Waals surface area contributed by atoms with Gasteiger partial charge in [-0.1, -0.05) is 71.3 Å². The standard InChI is InChI=1S/C28H41NO/c1-3-5-7-20-30-27-17-15-26(16-18-27)28-19-14-25(22-29-28)13-12-24-11-8-10-23(21-24)9-6-4-2/h14-19,22-24H,3-13,20-21H2,1-2H3. The average Bonchev–Trinajstić information content (AvgIpc) is 2.80. The summed E-state index contributed by atoms with van der Waals surface area (Å²) in [5.41, 5.74) is 3.59. The zero-order valence-corrected chi connectivity index (χ0v) is 19.2. The minimum atomic E-state index is 0.806. The van der Waals surface area contributed by atoms with Gasteiger partial charge in [0, 0.05) is 11.8 Å². The summed E-state index contributed by atoms with van der Waals surface area (Å²) in [5.74, 6) is 2.86. The molecule has 0 spiro atoms. The van der Waals surface area contributed by atoms with E-state index in [2.05, 4.69) is 56.4 Å². The van der Waals surface area contributed by atoms with Crippen molar-refractivity contribution >= 4 is 0 Å². The molecule has 1 saturated carbocycles. The highest BCUT2D eigenvalue weighted by molar-refractivity contribution is 5.60. The van der Waals surface area contributed by atoms with E-state index in [4.69, 9.17) is 9.72 Å². The normalized spacial score (nSPS) is 19.0. The summed E-state index contributed by atoms with van der Waals surface area (Å²) in [6.07, 6.45) is 18.2. The highest BCUT2D eigenvalue weighted by atomic mass is 16.5. The second kappa shape index (κ2) is 12.8. The van der Waals surface area contributed by atoms with Crippen LogP contribution in [0.25, 0.3) is 11.3 Å². The van der Waals surface area contributed by atoms with Crippen LogP contribution in [-0.2, 0) is 6.42 Å². The van der Waals surface area contributed by atoms with Crippen LogP contribution in [0.2, 0.25) is 0 Å². The predicted octanol–water partition coefficient (Wildman–Crippen LogP) is 8.25. The Morgan fingerprint density at radius 2 is 1.63 bits per heavy atom. The van der Waals surface area contributed by atoms with E-state index in [0.717, 1.165) is 41.9 Å². The van der Waals surface area contributed by atoms with Crippen LogP contribution in [0.4, 0.5) is 0 Å². The van der Waals surface area contributed by atoms with Crippen molar-refractivity contribution in [3.63, 3.8) is 0 Å². The maximum absolute atomic E-state index is 5.82. The van der Waals surface area contributed by atoms with Crippen LogP contribution in [0.3, 0.4) is 0 Å². The van der Waals surface area contributed by atoms with E-state index in [0.29, 0.717) is 0 Å². The molecule has 0 amide bonds. The molecule has 164 valence electrons. The van der Waals surface area contributed by atoms with Crippen molar-refractivity contribution in [2.75, 3.05) is 6.61 Å². The quantitative estimate of drug-likeness (QED) is 0.330. The van der Waals surface area contributed by atoms with Crippen LogP contribution in [0.1, 0.15) is 90.0 Å². The number of hydrogen-bond acceptors (Lipinski definition) is 2. The molecule has 2 nitrogen and oxygen atoms in total. The molecule has 2 atom stereocenters.